The molecule has 2 heterocycles. The van der Waals surface area contributed by atoms with Gasteiger partial charge in [0, 0.05) is 30.7 Å². The summed E-state index contributed by atoms with van der Waals surface area (Å²) < 4.78 is 0. The highest BCUT2D eigenvalue weighted by Gasteiger charge is 2.13. The molecule has 0 bridgehead atoms. The lowest BCUT2D eigenvalue weighted by Gasteiger charge is -2.21. The minimum atomic E-state index is -0.148. The Bertz CT molecular complexity index is 405. The van der Waals surface area contributed by atoms with Gasteiger partial charge in [0.05, 0.1) is 0 Å². The summed E-state index contributed by atoms with van der Waals surface area (Å²) in [4.78, 5) is 15.5. The third kappa shape index (κ3) is 3.63. The lowest BCUT2D eigenvalue weighted by molar-refractivity contribution is 0.0958. The van der Waals surface area contributed by atoms with E-state index in [2.05, 4.69) is 15.6 Å². The van der Waals surface area contributed by atoms with Crippen LogP contribution in [0.2, 0.25) is 0 Å². The van der Waals surface area contributed by atoms with Crippen LogP contribution in [-0.2, 0) is 0 Å². The first kappa shape index (κ1) is 13.2. The van der Waals surface area contributed by atoms with E-state index in [0.717, 1.165) is 12.2 Å². The van der Waals surface area contributed by atoms with Crippen molar-refractivity contribution in [3.8, 4) is 0 Å². The van der Waals surface area contributed by atoms with Crippen molar-refractivity contribution in [1.82, 2.24) is 10.3 Å². The van der Waals surface area contributed by atoms with Gasteiger partial charge >= 0.3 is 0 Å². The van der Waals surface area contributed by atoms with Crippen molar-refractivity contribution in [2.24, 2.45) is 0 Å². The minimum absolute atomic E-state index is 0.148. The molecule has 1 amide bonds. The van der Waals surface area contributed by atoms with E-state index >= 15 is 0 Å². The van der Waals surface area contributed by atoms with Crippen LogP contribution >= 0.6 is 11.8 Å². The zero-order valence-corrected chi connectivity index (χ0v) is 11.4. The molecule has 0 aromatic carbocycles. The first-order valence-corrected chi connectivity index (χ1v) is 7.38. The second-order valence-corrected chi connectivity index (χ2v) is 5.79. The molecule has 1 aromatic heterocycles. The maximum atomic E-state index is 11.5. The van der Waals surface area contributed by atoms with E-state index < -0.39 is 0 Å². The number of hydrogen-bond acceptors (Lipinski definition) is 4. The van der Waals surface area contributed by atoms with Crippen molar-refractivity contribution in [3.05, 3.63) is 24.0 Å². The monoisotopic (exact) mass is 265 g/mol. The van der Waals surface area contributed by atoms with Gasteiger partial charge in [-0.15, -0.1) is 0 Å². The number of hydrogen-bond donors (Lipinski definition) is 2. The molecule has 1 unspecified atom stereocenters. The topological polar surface area (TPSA) is 54.0 Å². The Balaban J connectivity index is 1.90. The summed E-state index contributed by atoms with van der Waals surface area (Å²) in [6.07, 6.45) is 5.63. The van der Waals surface area contributed by atoms with Crippen LogP contribution in [0.25, 0.3) is 0 Å². The molecule has 1 atom stereocenters. The van der Waals surface area contributed by atoms with Gasteiger partial charge in [0.2, 0.25) is 0 Å². The second kappa shape index (κ2) is 6.64. The third-order valence-electron chi connectivity index (χ3n) is 3.03. The molecular weight excluding hydrogens is 246 g/mol. The Morgan fingerprint density at radius 3 is 3.17 bits per heavy atom. The van der Waals surface area contributed by atoms with Crippen molar-refractivity contribution in [1.29, 1.82) is 0 Å². The van der Waals surface area contributed by atoms with Crippen LogP contribution in [0, 0.1) is 0 Å². The zero-order valence-electron chi connectivity index (χ0n) is 10.6. The molecule has 1 saturated heterocycles. The highest BCUT2D eigenvalue weighted by molar-refractivity contribution is 7.99. The molecule has 0 spiro atoms. The SMILES string of the molecule is CNC(=O)c1cc(NCC2CCCCS2)ccn1. The Hall–Kier alpha value is -1.23. The molecule has 1 aliphatic heterocycles. The maximum absolute atomic E-state index is 11.5. The summed E-state index contributed by atoms with van der Waals surface area (Å²) in [5, 5.41) is 6.66. The van der Waals surface area contributed by atoms with Gasteiger partial charge in [-0.1, -0.05) is 6.42 Å². The predicted octanol–water partition coefficient (Wildman–Crippen LogP) is 2.14. The van der Waals surface area contributed by atoms with E-state index in [4.69, 9.17) is 0 Å². The second-order valence-electron chi connectivity index (χ2n) is 4.38. The van der Waals surface area contributed by atoms with Gasteiger partial charge in [0.15, 0.2) is 0 Å². The van der Waals surface area contributed by atoms with E-state index in [0.29, 0.717) is 10.9 Å². The summed E-state index contributed by atoms with van der Waals surface area (Å²) in [6, 6.07) is 3.70. The molecule has 5 heteroatoms. The van der Waals surface area contributed by atoms with Gasteiger partial charge in [-0.25, -0.2) is 0 Å². The van der Waals surface area contributed by atoms with Crippen LogP contribution in [0.1, 0.15) is 29.8 Å². The van der Waals surface area contributed by atoms with Crippen LogP contribution < -0.4 is 10.6 Å². The van der Waals surface area contributed by atoms with Gasteiger partial charge in [-0.3, -0.25) is 9.78 Å². The quantitative estimate of drug-likeness (QED) is 0.876. The number of nitrogens with zero attached hydrogens (tertiary/aromatic N) is 1. The molecule has 0 aliphatic carbocycles. The number of thioether (sulfide) groups is 1. The van der Waals surface area contributed by atoms with Crippen LogP contribution in [0.4, 0.5) is 5.69 Å². The fourth-order valence-electron chi connectivity index (χ4n) is 1.99. The Labute approximate surface area is 112 Å². The van der Waals surface area contributed by atoms with Crippen LogP contribution in [-0.4, -0.2) is 35.5 Å². The number of rotatable bonds is 4. The minimum Gasteiger partial charge on any atom is -0.384 e. The van der Waals surface area contributed by atoms with Crippen LogP contribution in [0.5, 0.6) is 0 Å². The maximum Gasteiger partial charge on any atom is 0.269 e. The smallest absolute Gasteiger partial charge is 0.269 e. The van der Waals surface area contributed by atoms with Crippen molar-refractivity contribution in [2.45, 2.75) is 24.5 Å². The van der Waals surface area contributed by atoms with Crippen LogP contribution in [0.15, 0.2) is 18.3 Å². The lowest BCUT2D eigenvalue weighted by Crippen LogP contribution is -2.21. The van der Waals surface area contributed by atoms with Gasteiger partial charge in [0.25, 0.3) is 5.91 Å². The van der Waals surface area contributed by atoms with E-state index in [1.165, 1.54) is 25.0 Å². The number of anilines is 1. The fraction of sp³-hybridized carbons (Fsp3) is 0.538. The standard InChI is InChI=1S/C13H19N3OS/c1-14-13(17)12-8-10(5-6-15-12)16-9-11-4-2-3-7-18-11/h5-6,8,11H,2-4,7,9H2,1H3,(H,14,17)(H,15,16). The number of aromatic nitrogens is 1. The number of nitrogens with one attached hydrogen (secondary N) is 2. The van der Waals surface area contributed by atoms with E-state index in [9.17, 15) is 4.79 Å². The Kier molecular flexibility index (Phi) is 4.87. The summed E-state index contributed by atoms with van der Waals surface area (Å²) in [5.41, 5.74) is 1.42. The Morgan fingerprint density at radius 1 is 1.56 bits per heavy atom. The molecule has 4 nitrogen and oxygen atoms in total. The summed E-state index contributed by atoms with van der Waals surface area (Å²) in [6.45, 7) is 0.960. The average Bonchev–Trinajstić information content (AvgIpc) is 2.45. The van der Waals surface area contributed by atoms with Gasteiger partial charge in [0.1, 0.15) is 5.69 Å². The summed E-state index contributed by atoms with van der Waals surface area (Å²) in [7, 11) is 1.61. The number of carbonyl (C=O) groups is 1. The first-order chi connectivity index (χ1) is 8.79. The van der Waals surface area contributed by atoms with Gasteiger partial charge in [-0.05, 0) is 30.7 Å². The van der Waals surface area contributed by atoms with E-state index in [-0.39, 0.29) is 5.91 Å². The number of amides is 1. The molecule has 1 fully saturated rings. The molecular formula is C13H19N3OS. The van der Waals surface area contributed by atoms with E-state index in [1.807, 2.05) is 17.8 Å². The highest BCUT2D eigenvalue weighted by Crippen LogP contribution is 2.25. The molecule has 18 heavy (non-hydrogen) atoms. The van der Waals surface area contributed by atoms with Crippen LogP contribution in [0.3, 0.4) is 0 Å². The summed E-state index contributed by atoms with van der Waals surface area (Å²) in [5.74, 6) is 1.12. The number of carbonyl (C=O) groups excluding carboxylic acids is 1. The highest BCUT2D eigenvalue weighted by atomic mass is 32.2. The van der Waals surface area contributed by atoms with Crippen molar-refractivity contribution >= 4 is 23.4 Å². The Morgan fingerprint density at radius 2 is 2.44 bits per heavy atom. The molecule has 1 aromatic rings. The average molecular weight is 265 g/mol. The van der Waals surface area contributed by atoms with E-state index in [1.54, 1.807) is 19.3 Å². The molecule has 98 valence electrons. The predicted molar refractivity (Wildman–Crippen MR) is 76.2 cm³/mol. The normalized spacial score (nSPS) is 19.3. The molecule has 2 N–H and O–H groups in total. The van der Waals surface area contributed by atoms with Gasteiger partial charge in [-0.2, -0.15) is 11.8 Å². The van der Waals surface area contributed by atoms with Crippen molar-refractivity contribution < 1.29 is 4.79 Å². The molecule has 0 saturated carbocycles. The molecule has 0 radical (unpaired) electrons. The zero-order chi connectivity index (χ0) is 12.8. The lowest BCUT2D eigenvalue weighted by atomic mass is 10.2. The fourth-order valence-corrected chi connectivity index (χ4v) is 3.23. The van der Waals surface area contributed by atoms with Gasteiger partial charge < -0.3 is 10.6 Å². The van der Waals surface area contributed by atoms with Crippen molar-refractivity contribution in [3.63, 3.8) is 0 Å². The molecule has 2 rings (SSSR count). The number of pyridine rings is 1. The molecule has 1 aliphatic rings. The first-order valence-electron chi connectivity index (χ1n) is 6.33. The van der Waals surface area contributed by atoms with Crippen molar-refractivity contribution in [2.75, 3.05) is 24.7 Å². The third-order valence-corrected chi connectivity index (χ3v) is 4.43. The largest absolute Gasteiger partial charge is 0.384 e. The summed E-state index contributed by atoms with van der Waals surface area (Å²) >= 11 is 2.04.